The van der Waals surface area contributed by atoms with Gasteiger partial charge in [0.1, 0.15) is 13.2 Å². The molecule has 2 fully saturated rings. The Hall–Kier alpha value is -4.18. The van der Waals surface area contributed by atoms with E-state index in [0.29, 0.717) is 49.2 Å². The minimum atomic E-state index is -0.308. The molecule has 0 spiro atoms. The van der Waals surface area contributed by atoms with E-state index in [9.17, 15) is 10.2 Å². The third-order valence-electron chi connectivity index (χ3n) is 11.1. The van der Waals surface area contributed by atoms with Crippen LogP contribution in [0.3, 0.4) is 0 Å². The van der Waals surface area contributed by atoms with E-state index in [4.69, 9.17) is 18.9 Å². The maximum atomic E-state index is 10.4. The van der Waals surface area contributed by atoms with Crippen LogP contribution in [-0.4, -0.2) is 52.7 Å². The van der Waals surface area contributed by atoms with Crippen LogP contribution in [0.4, 0.5) is 0 Å². The van der Waals surface area contributed by atoms with Crippen molar-refractivity contribution in [2.75, 3.05) is 14.2 Å². The molecule has 0 bridgehead atoms. The number of methoxy groups -OCH3 is 2. The average molecular weight is 710 g/mol. The van der Waals surface area contributed by atoms with E-state index in [1.165, 1.54) is 6.42 Å². The van der Waals surface area contributed by atoms with Crippen LogP contribution in [0.5, 0.6) is 23.5 Å². The molecular weight excluding hydrogens is 654 g/mol. The number of aryl methyl sites for hydroxylation is 1. The van der Waals surface area contributed by atoms with E-state index in [-0.39, 0.29) is 18.2 Å². The smallest absolute Gasteiger partial charge is 0.220 e. The molecule has 2 aliphatic carbocycles. The minimum absolute atomic E-state index is 0.0954. The fraction of sp³-hybridized carbons (Fsp3) is 0.488. The first kappa shape index (κ1) is 37.6. The number of hydrogen-bond acceptors (Lipinski definition) is 9. The molecule has 0 saturated heterocycles. The van der Waals surface area contributed by atoms with Gasteiger partial charge < -0.3 is 34.5 Å². The van der Waals surface area contributed by atoms with Gasteiger partial charge in [0.25, 0.3) is 0 Å². The zero-order valence-corrected chi connectivity index (χ0v) is 31.2. The molecule has 278 valence electrons. The lowest BCUT2D eigenvalue weighted by Gasteiger charge is -2.28. The first-order chi connectivity index (χ1) is 25.3. The SMILES string of the molecule is COc1nc(OCc2cccc(-c3cccc(COc4ccc(CNC5CCCCC5O)c(OC)n4)c3C)c2C)ccc1CCC1CCCCC1O. The molecule has 2 aliphatic rings. The Bertz CT molecular complexity index is 1650. The highest BCUT2D eigenvalue weighted by molar-refractivity contribution is 5.72. The number of aliphatic hydroxyl groups excluding tert-OH is 2. The largest absolute Gasteiger partial charge is 0.481 e. The topological polar surface area (TPSA) is 115 Å². The van der Waals surface area contributed by atoms with E-state index in [1.807, 2.05) is 24.3 Å². The summed E-state index contributed by atoms with van der Waals surface area (Å²) in [6.45, 7) is 5.59. The van der Waals surface area contributed by atoms with Crippen molar-refractivity contribution < 1.29 is 29.2 Å². The van der Waals surface area contributed by atoms with Crippen molar-refractivity contribution in [1.82, 2.24) is 15.3 Å². The van der Waals surface area contributed by atoms with Crippen molar-refractivity contribution >= 4 is 0 Å². The summed E-state index contributed by atoms with van der Waals surface area (Å²) in [6, 6.07) is 20.5. The Labute approximate surface area is 308 Å². The van der Waals surface area contributed by atoms with Gasteiger partial charge in [0.2, 0.25) is 23.5 Å². The van der Waals surface area contributed by atoms with Crippen LogP contribution in [-0.2, 0) is 26.2 Å². The molecule has 52 heavy (non-hydrogen) atoms. The van der Waals surface area contributed by atoms with E-state index in [0.717, 1.165) is 102 Å². The Kier molecular flexibility index (Phi) is 13.0. The molecule has 4 aromatic rings. The molecule has 2 aromatic carbocycles. The van der Waals surface area contributed by atoms with Gasteiger partial charge in [-0.05, 0) is 104 Å². The molecule has 2 saturated carbocycles. The van der Waals surface area contributed by atoms with Gasteiger partial charge in [-0.15, -0.1) is 0 Å². The molecule has 2 heterocycles. The number of aromatic nitrogens is 2. The van der Waals surface area contributed by atoms with Crippen molar-refractivity contribution in [1.29, 1.82) is 0 Å². The van der Waals surface area contributed by atoms with Crippen LogP contribution < -0.4 is 24.3 Å². The average Bonchev–Trinajstić information content (AvgIpc) is 3.17. The molecule has 4 unspecified atom stereocenters. The van der Waals surface area contributed by atoms with Crippen molar-refractivity contribution in [2.24, 2.45) is 5.92 Å². The second-order valence-electron chi connectivity index (χ2n) is 14.4. The Morgan fingerprint density at radius 1 is 0.635 bits per heavy atom. The van der Waals surface area contributed by atoms with Gasteiger partial charge in [0.05, 0.1) is 26.4 Å². The fourth-order valence-electron chi connectivity index (χ4n) is 7.77. The van der Waals surface area contributed by atoms with E-state index in [1.54, 1.807) is 14.2 Å². The van der Waals surface area contributed by atoms with Gasteiger partial charge in [-0.2, -0.15) is 9.97 Å². The molecule has 4 atom stereocenters. The number of pyridine rings is 2. The summed E-state index contributed by atoms with van der Waals surface area (Å²) in [7, 11) is 3.27. The third-order valence-corrected chi connectivity index (χ3v) is 11.1. The summed E-state index contributed by atoms with van der Waals surface area (Å²) in [5.74, 6) is 2.47. The number of ether oxygens (including phenoxy) is 4. The number of aliphatic hydroxyl groups is 2. The summed E-state index contributed by atoms with van der Waals surface area (Å²) in [6.07, 6.45) is 9.59. The van der Waals surface area contributed by atoms with E-state index < -0.39 is 0 Å². The van der Waals surface area contributed by atoms with Crippen molar-refractivity contribution in [2.45, 2.75) is 116 Å². The summed E-state index contributed by atoms with van der Waals surface area (Å²) < 4.78 is 23.7. The summed E-state index contributed by atoms with van der Waals surface area (Å²) in [5.41, 5.74) is 8.71. The normalized spacial score (nSPS) is 20.3. The van der Waals surface area contributed by atoms with Crippen LogP contribution in [0, 0.1) is 19.8 Å². The van der Waals surface area contributed by atoms with Crippen molar-refractivity contribution in [3.63, 3.8) is 0 Å². The van der Waals surface area contributed by atoms with Gasteiger partial charge in [0.15, 0.2) is 0 Å². The molecule has 0 radical (unpaired) electrons. The van der Waals surface area contributed by atoms with Crippen LogP contribution >= 0.6 is 0 Å². The Morgan fingerprint density at radius 3 is 1.75 bits per heavy atom. The van der Waals surface area contributed by atoms with Gasteiger partial charge in [0, 0.05) is 35.8 Å². The lowest BCUT2D eigenvalue weighted by molar-refractivity contribution is 0.0654. The second kappa shape index (κ2) is 18.0. The molecule has 0 amide bonds. The number of benzene rings is 2. The van der Waals surface area contributed by atoms with E-state index in [2.05, 4.69) is 65.5 Å². The Morgan fingerprint density at radius 2 is 1.17 bits per heavy atom. The van der Waals surface area contributed by atoms with Gasteiger partial charge in [-0.25, -0.2) is 0 Å². The fourth-order valence-corrected chi connectivity index (χ4v) is 7.77. The first-order valence-electron chi connectivity index (χ1n) is 18.9. The number of nitrogens with zero attached hydrogens (tertiary/aromatic N) is 2. The molecule has 9 heteroatoms. The van der Waals surface area contributed by atoms with Gasteiger partial charge in [-0.1, -0.05) is 62.1 Å². The van der Waals surface area contributed by atoms with Crippen LogP contribution in [0.1, 0.15) is 91.2 Å². The molecule has 6 rings (SSSR count). The highest BCUT2D eigenvalue weighted by Gasteiger charge is 2.24. The number of hydrogen-bond donors (Lipinski definition) is 3. The lowest BCUT2D eigenvalue weighted by atomic mass is 9.83. The van der Waals surface area contributed by atoms with Crippen LogP contribution in [0.25, 0.3) is 11.1 Å². The standard InChI is InChI=1S/C43H55N3O6/c1-28-33(26-51-40-23-21-31(42(45-40)49-3)20-19-30-11-5-7-17-38(30)47)12-9-14-35(28)36-15-10-13-34(29(36)2)27-52-41-24-22-32(43(46-41)50-4)25-44-37-16-6-8-18-39(37)48/h9-10,12-15,21-24,30,37-39,44,47-48H,5-8,11,16-20,25-27H2,1-4H3. The summed E-state index contributed by atoms with van der Waals surface area (Å²) in [4.78, 5) is 9.31. The molecule has 0 aliphatic heterocycles. The predicted molar refractivity (Wildman–Crippen MR) is 203 cm³/mol. The Balaban J connectivity index is 1.08. The zero-order valence-electron chi connectivity index (χ0n) is 31.2. The third kappa shape index (κ3) is 9.24. The maximum absolute atomic E-state index is 10.4. The quantitative estimate of drug-likeness (QED) is 0.114. The van der Waals surface area contributed by atoms with Gasteiger partial charge >= 0.3 is 0 Å². The number of nitrogens with one attached hydrogen (secondary N) is 1. The molecular formula is C43H55N3O6. The monoisotopic (exact) mass is 709 g/mol. The highest BCUT2D eigenvalue weighted by atomic mass is 16.5. The second-order valence-corrected chi connectivity index (χ2v) is 14.4. The van der Waals surface area contributed by atoms with Crippen LogP contribution in [0.15, 0.2) is 60.7 Å². The van der Waals surface area contributed by atoms with Crippen molar-refractivity contribution in [3.8, 4) is 34.6 Å². The summed E-state index contributed by atoms with van der Waals surface area (Å²) in [5, 5.41) is 24.2. The lowest BCUT2D eigenvalue weighted by Crippen LogP contribution is -2.41. The van der Waals surface area contributed by atoms with Gasteiger partial charge in [-0.3, -0.25) is 0 Å². The van der Waals surface area contributed by atoms with E-state index >= 15 is 0 Å². The predicted octanol–water partition coefficient (Wildman–Crippen LogP) is 7.81. The maximum Gasteiger partial charge on any atom is 0.220 e. The first-order valence-corrected chi connectivity index (χ1v) is 18.9. The zero-order chi connectivity index (χ0) is 36.5. The highest BCUT2D eigenvalue weighted by Crippen LogP contribution is 2.33. The molecule has 3 N–H and O–H groups in total. The summed E-state index contributed by atoms with van der Waals surface area (Å²) >= 11 is 0. The number of rotatable bonds is 15. The minimum Gasteiger partial charge on any atom is -0.481 e. The van der Waals surface area contributed by atoms with Crippen molar-refractivity contribution in [3.05, 3.63) is 94.0 Å². The molecule has 9 nitrogen and oxygen atoms in total. The van der Waals surface area contributed by atoms with Crippen LogP contribution in [0.2, 0.25) is 0 Å². The molecule has 2 aromatic heterocycles.